The summed E-state index contributed by atoms with van der Waals surface area (Å²) in [5.74, 6) is 0. The molecular formula is C12H17ClN2O2S. The van der Waals surface area contributed by atoms with Crippen molar-refractivity contribution < 1.29 is 8.42 Å². The van der Waals surface area contributed by atoms with E-state index in [4.69, 9.17) is 11.6 Å². The lowest BCUT2D eigenvalue weighted by Crippen LogP contribution is -2.32. The smallest absolute Gasteiger partial charge is 0.242 e. The summed E-state index contributed by atoms with van der Waals surface area (Å²) in [6.07, 6.45) is 2.38. The minimum Gasteiger partial charge on any atom is -0.313 e. The molecule has 0 saturated heterocycles. The molecule has 0 atom stereocenters. The van der Waals surface area contributed by atoms with Gasteiger partial charge < -0.3 is 5.32 Å². The van der Waals surface area contributed by atoms with Crippen LogP contribution in [0, 0.1) is 6.92 Å². The largest absolute Gasteiger partial charge is 0.313 e. The van der Waals surface area contributed by atoms with Crippen LogP contribution in [0.25, 0.3) is 0 Å². The van der Waals surface area contributed by atoms with Crippen LogP contribution in [-0.2, 0) is 10.0 Å². The predicted molar refractivity (Wildman–Crippen MR) is 72.4 cm³/mol. The summed E-state index contributed by atoms with van der Waals surface area (Å²) in [4.78, 5) is 0.149. The van der Waals surface area contributed by atoms with Gasteiger partial charge in [-0.05, 0) is 31.4 Å². The SMILES string of the molecule is Cc1cccc(S(=O)(=O)NCCNC2CC2)c1Cl. The Morgan fingerprint density at radius 1 is 1.33 bits per heavy atom. The van der Waals surface area contributed by atoms with E-state index in [1.165, 1.54) is 18.9 Å². The molecule has 1 fully saturated rings. The van der Waals surface area contributed by atoms with Gasteiger partial charge in [0.2, 0.25) is 10.0 Å². The Bertz CT molecular complexity index is 527. The van der Waals surface area contributed by atoms with E-state index in [0.717, 1.165) is 5.56 Å². The molecule has 0 spiro atoms. The fourth-order valence-electron chi connectivity index (χ4n) is 1.65. The first-order chi connectivity index (χ1) is 8.50. The number of hydrogen-bond acceptors (Lipinski definition) is 3. The van der Waals surface area contributed by atoms with E-state index in [1.807, 2.05) is 0 Å². The monoisotopic (exact) mass is 288 g/mol. The van der Waals surface area contributed by atoms with Crippen molar-refractivity contribution >= 4 is 21.6 Å². The maximum Gasteiger partial charge on any atom is 0.242 e. The first kappa shape index (κ1) is 13.8. The summed E-state index contributed by atoms with van der Waals surface area (Å²) in [5.41, 5.74) is 0.760. The summed E-state index contributed by atoms with van der Waals surface area (Å²) in [6, 6.07) is 5.58. The first-order valence-electron chi connectivity index (χ1n) is 5.99. The Labute approximate surface area is 113 Å². The summed E-state index contributed by atoms with van der Waals surface area (Å²) in [5, 5.41) is 3.54. The molecule has 0 radical (unpaired) electrons. The Kier molecular flexibility index (Phi) is 4.27. The number of nitrogens with one attached hydrogen (secondary N) is 2. The minimum atomic E-state index is -3.51. The molecule has 0 aliphatic heterocycles. The van der Waals surface area contributed by atoms with E-state index >= 15 is 0 Å². The normalized spacial score (nSPS) is 15.9. The van der Waals surface area contributed by atoms with E-state index < -0.39 is 10.0 Å². The Morgan fingerprint density at radius 2 is 2.06 bits per heavy atom. The Hall–Kier alpha value is -0.620. The number of aryl methyl sites for hydroxylation is 1. The van der Waals surface area contributed by atoms with Gasteiger partial charge in [-0.1, -0.05) is 23.7 Å². The van der Waals surface area contributed by atoms with E-state index in [0.29, 0.717) is 24.2 Å². The maximum absolute atomic E-state index is 12.0. The van der Waals surface area contributed by atoms with Gasteiger partial charge in [0.05, 0.1) is 5.02 Å². The molecule has 6 heteroatoms. The highest BCUT2D eigenvalue weighted by atomic mass is 35.5. The van der Waals surface area contributed by atoms with Crippen LogP contribution in [0.15, 0.2) is 23.1 Å². The molecule has 0 unspecified atom stereocenters. The van der Waals surface area contributed by atoms with Crippen molar-refractivity contribution in [3.63, 3.8) is 0 Å². The van der Waals surface area contributed by atoms with Crippen LogP contribution in [0.2, 0.25) is 5.02 Å². The lowest BCUT2D eigenvalue weighted by molar-refractivity contribution is 0.575. The number of sulfonamides is 1. The first-order valence-corrected chi connectivity index (χ1v) is 7.85. The van der Waals surface area contributed by atoms with Crippen LogP contribution in [0.1, 0.15) is 18.4 Å². The van der Waals surface area contributed by atoms with Crippen molar-refractivity contribution in [2.75, 3.05) is 13.1 Å². The second-order valence-electron chi connectivity index (χ2n) is 4.51. The molecule has 100 valence electrons. The minimum absolute atomic E-state index is 0.149. The molecule has 0 bridgehead atoms. The molecule has 2 rings (SSSR count). The van der Waals surface area contributed by atoms with Crippen LogP contribution >= 0.6 is 11.6 Å². The molecule has 4 nitrogen and oxygen atoms in total. The van der Waals surface area contributed by atoms with Crippen molar-refractivity contribution in [1.82, 2.24) is 10.0 Å². The predicted octanol–water partition coefficient (Wildman–Crippen LogP) is 1.68. The highest BCUT2D eigenvalue weighted by molar-refractivity contribution is 7.89. The molecule has 1 aliphatic rings. The van der Waals surface area contributed by atoms with Crippen molar-refractivity contribution in [3.8, 4) is 0 Å². The maximum atomic E-state index is 12.0. The standard InChI is InChI=1S/C12H17ClN2O2S/c1-9-3-2-4-11(12(9)13)18(16,17)15-8-7-14-10-5-6-10/h2-4,10,14-15H,5-8H2,1H3. The molecular weight excluding hydrogens is 272 g/mol. The van der Waals surface area contributed by atoms with Gasteiger partial charge in [-0.3, -0.25) is 0 Å². The van der Waals surface area contributed by atoms with E-state index in [2.05, 4.69) is 10.0 Å². The van der Waals surface area contributed by atoms with Crippen LogP contribution in [-0.4, -0.2) is 27.5 Å². The Balaban J connectivity index is 1.98. The average molecular weight is 289 g/mol. The second kappa shape index (κ2) is 5.57. The van der Waals surface area contributed by atoms with E-state index in [9.17, 15) is 8.42 Å². The lowest BCUT2D eigenvalue weighted by Gasteiger charge is -2.10. The van der Waals surface area contributed by atoms with E-state index in [-0.39, 0.29) is 4.90 Å². The molecule has 0 aromatic heterocycles. The van der Waals surface area contributed by atoms with Gasteiger partial charge in [0.25, 0.3) is 0 Å². The zero-order valence-corrected chi connectivity index (χ0v) is 11.8. The van der Waals surface area contributed by atoms with Gasteiger partial charge in [-0.2, -0.15) is 0 Å². The number of benzene rings is 1. The lowest BCUT2D eigenvalue weighted by atomic mass is 10.2. The molecule has 2 N–H and O–H groups in total. The van der Waals surface area contributed by atoms with Gasteiger partial charge in [0.1, 0.15) is 4.90 Å². The van der Waals surface area contributed by atoms with Crippen LogP contribution in [0.5, 0.6) is 0 Å². The molecule has 0 heterocycles. The zero-order valence-electron chi connectivity index (χ0n) is 10.2. The molecule has 1 saturated carbocycles. The van der Waals surface area contributed by atoms with Crippen LogP contribution in [0.4, 0.5) is 0 Å². The fourth-order valence-corrected chi connectivity index (χ4v) is 3.27. The quantitative estimate of drug-likeness (QED) is 0.783. The fraction of sp³-hybridized carbons (Fsp3) is 0.500. The number of halogens is 1. The van der Waals surface area contributed by atoms with Crippen molar-refractivity contribution in [1.29, 1.82) is 0 Å². The van der Waals surface area contributed by atoms with Crippen molar-refractivity contribution in [3.05, 3.63) is 28.8 Å². The van der Waals surface area contributed by atoms with Gasteiger partial charge >= 0.3 is 0 Å². The summed E-state index contributed by atoms with van der Waals surface area (Å²) in [6.45, 7) is 2.81. The van der Waals surface area contributed by atoms with Crippen LogP contribution in [0.3, 0.4) is 0 Å². The number of rotatable bonds is 6. The molecule has 0 amide bonds. The highest BCUT2D eigenvalue weighted by Crippen LogP contribution is 2.24. The summed E-state index contributed by atoms with van der Waals surface area (Å²) in [7, 11) is -3.51. The second-order valence-corrected chi connectivity index (χ2v) is 6.63. The third-order valence-electron chi connectivity index (χ3n) is 2.87. The van der Waals surface area contributed by atoms with Crippen molar-refractivity contribution in [2.24, 2.45) is 0 Å². The third kappa shape index (κ3) is 3.45. The average Bonchev–Trinajstić information content (AvgIpc) is 3.12. The Morgan fingerprint density at radius 3 is 2.72 bits per heavy atom. The topological polar surface area (TPSA) is 58.2 Å². The summed E-state index contributed by atoms with van der Waals surface area (Å²) < 4.78 is 26.6. The molecule has 18 heavy (non-hydrogen) atoms. The van der Waals surface area contributed by atoms with E-state index in [1.54, 1.807) is 19.1 Å². The highest BCUT2D eigenvalue weighted by Gasteiger charge is 2.21. The summed E-state index contributed by atoms with van der Waals surface area (Å²) >= 11 is 6.02. The zero-order chi connectivity index (χ0) is 13.2. The molecule has 1 aromatic rings. The van der Waals surface area contributed by atoms with Crippen LogP contribution < -0.4 is 10.0 Å². The van der Waals surface area contributed by atoms with Gasteiger partial charge in [0.15, 0.2) is 0 Å². The third-order valence-corrected chi connectivity index (χ3v) is 4.99. The van der Waals surface area contributed by atoms with Crippen molar-refractivity contribution in [2.45, 2.75) is 30.7 Å². The van der Waals surface area contributed by atoms with Gasteiger partial charge in [0, 0.05) is 19.1 Å². The van der Waals surface area contributed by atoms with Gasteiger partial charge in [-0.25, -0.2) is 13.1 Å². The number of hydrogen-bond donors (Lipinski definition) is 2. The van der Waals surface area contributed by atoms with Gasteiger partial charge in [-0.15, -0.1) is 0 Å². The molecule has 1 aromatic carbocycles. The molecule has 1 aliphatic carbocycles.